The molecule has 90 valence electrons. The summed E-state index contributed by atoms with van der Waals surface area (Å²) in [6.07, 6.45) is 3.52. The largest absolute Gasteiger partial charge is 0.497 e. The number of halogens is 1. The number of ether oxygens (including phenoxy) is 1. The monoisotopic (exact) mass is 343 g/mol. The van der Waals surface area contributed by atoms with Gasteiger partial charge in [-0.15, -0.1) is 0 Å². The molecule has 1 amide bonds. The first-order chi connectivity index (χ1) is 8.12. The van der Waals surface area contributed by atoms with Crippen LogP contribution in [-0.4, -0.2) is 18.6 Å². The zero-order valence-electron chi connectivity index (χ0n) is 9.63. The van der Waals surface area contributed by atoms with Crippen molar-refractivity contribution >= 4 is 28.5 Å². The van der Waals surface area contributed by atoms with Crippen molar-refractivity contribution in [2.45, 2.75) is 24.8 Å². The van der Waals surface area contributed by atoms with Gasteiger partial charge in [-0.2, -0.15) is 0 Å². The highest BCUT2D eigenvalue weighted by molar-refractivity contribution is 14.1. The first-order valence-electron chi connectivity index (χ1n) is 5.78. The molecular weight excluding hydrogens is 329 g/mol. The van der Waals surface area contributed by atoms with Gasteiger partial charge in [0.05, 0.1) is 12.7 Å². The van der Waals surface area contributed by atoms with E-state index in [0.717, 1.165) is 20.8 Å². The van der Waals surface area contributed by atoms with Crippen LogP contribution in [0.5, 0.6) is 5.75 Å². The minimum atomic E-state index is 0.0511. The Morgan fingerprint density at radius 2 is 2.18 bits per heavy atom. The standard InChI is InChI=1S/C13H14INO2/c1-17-9-2-3-10(11(14)4-9)12(16)15-13-5-8(6-13)7-13/h2-4,8H,5-7H2,1H3,(H,15,16). The Kier molecular flexibility index (Phi) is 2.57. The molecule has 0 heterocycles. The molecule has 0 radical (unpaired) electrons. The lowest BCUT2D eigenvalue weighted by molar-refractivity contribution is -0.0438. The summed E-state index contributed by atoms with van der Waals surface area (Å²) in [6, 6.07) is 5.55. The maximum Gasteiger partial charge on any atom is 0.252 e. The van der Waals surface area contributed by atoms with Gasteiger partial charge in [0.1, 0.15) is 5.75 Å². The summed E-state index contributed by atoms with van der Waals surface area (Å²) >= 11 is 2.18. The van der Waals surface area contributed by atoms with Gasteiger partial charge in [0, 0.05) is 9.11 Å². The highest BCUT2D eigenvalue weighted by Gasteiger charge is 2.57. The second-order valence-corrected chi connectivity index (χ2v) is 6.22. The fourth-order valence-electron chi connectivity index (χ4n) is 2.75. The number of amides is 1. The van der Waals surface area contributed by atoms with Crippen LogP contribution in [-0.2, 0) is 0 Å². The number of methoxy groups -OCH3 is 1. The second kappa shape index (κ2) is 3.86. The number of nitrogens with one attached hydrogen (secondary N) is 1. The molecule has 0 unspecified atom stereocenters. The van der Waals surface area contributed by atoms with Crippen LogP contribution in [0.2, 0.25) is 0 Å². The zero-order valence-corrected chi connectivity index (χ0v) is 11.8. The van der Waals surface area contributed by atoms with Gasteiger partial charge >= 0.3 is 0 Å². The minimum absolute atomic E-state index is 0.0511. The molecular formula is C13H14INO2. The van der Waals surface area contributed by atoms with Crippen molar-refractivity contribution in [2.24, 2.45) is 5.92 Å². The Labute approximate surface area is 114 Å². The molecule has 1 aromatic rings. The van der Waals surface area contributed by atoms with E-state index in [1.165, 1.54) is 19.3 Å². The molecule has 3 nitrogen and oxygen atoms in total. The highest BCUT2D eigenvalue weighted by atomic mass is 127. The quantitative estimate of drug-likeness (QED) is 0.857. The van der Waals surface area contributed by atoms with Crippen LogP contribution < -0.4 is 10.1 Å². The van der Waals surface area contributed by atoms with E-state index in [1.807, 2.05) is 18.2 Å². The fraction of sp³-hybridized carbons (Fsp3) is 0.462. The molecule has 3 saturated carbocycles. The molecule has 0 aliphatic heterocycles. The number of carbonyl (C=O) groups is 1. The van der Waals surface area contributed by atoms with Crippen molar-refractivity contribution in [3.8, 4) is 5.75 Å². The van der Waals surface area contributed by atoms with Crippen molar-refractivity contribution in [1.29, 1.82) is 0 Å². The van der Waals surface area contributed by atoms with Crippen LogP contribution in [0.1, 0.15) is 29.6 Å². The lowest BCUT2D eigenvalue weighted by Crippen LogP contribution is -2.68. The predicted octanol–water partition coefficient (Wildman–Crippen LogP) is 2.58. The first-order valence-corrected chi connectivity index (χ1v) is 6.86. The summed E-state index contributed by atoms with van der Waals surface area (Å²) in [4.78, 5) is 12.1. The van der Waals surface area contributed by atoms with Crippen LogP contribution in [0.25, 0.3) is 0 Å². The van der Waals surface area contributed by atoms with E-state index in [4.69, 9.17) is 4.74 Å². The normalized spacial score (nSPS) is 28.9. The first kappa shape index (κ1) is 11.3. The highest BCUT2D eigenvalue weighted by Crippen LogP contribution is 2.57. The van der Waals surface area contributed by atoms with Crippen LogP contribution in [0, 0.1) is 9.49 Å². The van der Waals surface area contributed by atoms with Gasteiger partial charge in [-0.3, -0.25) is 4.79 Å². The van der Waals surface area contributed by atoms with Gasteiger partial charge in [-0.1, -0.05) is 0 Å². The number of hydrogen-bond acceptors (Lipinski definition) is 2. The topological polar surface area (TPSA) is 38.3 Å². The Morgan fingerprint density at radius 3 is 2.65 bits per heavy atom. The summed E-state index contributed by atoms with van der Waals surface area (Å²) in [6.45, 7) is 0. The van der Waals surface area contributed by atoms with Crippen molar-refractivity contribution < 1.29 is 9.53 Å². The SMILES string of the molecule is COc1ccc(C(=O)NC23CC(C2)C3)c(I)c1. The lowest BCUT2D eigenvalue weighted by atomic mass is 9.50. The van der Waals surface area contributed by atoms with Crippen LogP contribution >= 0.6 is 22.6 Å². The predicted molar refractivity (Wildman–Crippen MR) is 73.2 cm³/mol. The Bertz CT molecular complexity index is 469. The number of hydrogen-bond donors (Lipinski definition) is 1. The van der Waals surface area contributed by atoms with Crippen molar-refractivity contribution in [2.75, 3.05) is 7.11 Å². The summed E-state index contributed by atoms with van der Waals surface area (Å²) in [5, 5.41) is 3.17. The molecule has 0 atom stereocenters. The second-order valence-electron chi connectivity index (χ2n) is 5.06. The molecule has 3 aliphatic rings. The van der Waals surface area contributed by atoms with Gasteiger partial charge in [0.2, 0.25) is 0 Å². The minimum Gasteiger partial charge on any atom is -0.497 e. The van der Waals surface area contributed by atoms with E-state index >= 15 is 0 Å². The molecule has 17 heavy (non-hydrogen) atoms. The third-order valence-electron chi connectivity index (χ3n) is 3.84. The Hall–Kier alpha value is -0.780. The average Bonchev–Trinajstić information content (AvgIpc) is 2.21. The summed E-state index contributed by atoms with van der Waals surface area (Å²) < 4.78 is 6.07. The summed E-state index contributed by atoms with van der Waals surface area (Å²) in [5.41, 5.74) is 0.890. The molecule has 1 N–H and O–H groups in total. The van der Waals surface area contributed by atoms with Crippen LogP contribution in [0.15, 0.2) is 18.2 Å². The van der Waals surface area contributed by atoms with Crippen molar-refractivity contribution in [3.63, 3.8) is 0 Å². The lowest BCUT2D eigenvalue weighted by Gasteiger charge is -2.61. The fourth-order valence-corrected chi connectivity index (χ4v) is 3.48. The maximum absolute atomic E-state index is 12.1. The summed E-state index contributed by atoms with van der Waals surface area (Å²) in [7, 11) is 1.63. The summed E-state index contributed by atoms with van der Waals surface area (Å²) in [5.74, 6) is 1.72. The maximum atomic E-state index is 12.1. The molecule has 0 saturated heterocycles. The van der Waals surface area contributed by atoms with E-state index in [0.29, 0.717) is 0 Å². The van der Waals surface area contributed by atoms with Gasteiger partial charge in [0.15, 0.2) is 0 Å². The third kappa shape index (κ3) is 1.82. The number of rotatable bonds is 3. The van der Waals surface area contributed by atoms with Crippen LogP contribution in [0.4, 0.5) is 0 Å². The van der Waals surface area contributed by atoms with Gasteiger partial charge < -0.3 is 10.1 Å². The molecule has 0 spiro atoms. The number of benzene rings is 1. The van der Waals surface area contributed by atoms with E-state index in [9.17, 15) is 4.79 Å². The van der Waals surface area contributed by atoms with E-state index < -0.39 is 0 Å². The van der Waals surface area contributed by atoms with E-state index in [2.05, 4.69) is 27.9 Å². The molecule has 3 fully saturated rings. The Balaban J connectivity index is 1.76. The molecule has 2 bridgehead atoms. The zero-order chi connectivity index (χ0) is 12.0. The number of carbonyl (C=O) groups excluding carboxylic acids is 1. The smallest absolute Gasteiger partial charge is 0.252 e. The molecule has 3 aliphatic carbocycles. The van der Waals surface area contributed by atoms with Crippen LogP contribution in [0.3, 0.4) is 0 Å². The van der Waals surface area contributed by atoms with E-state index in [-0.39, 0.29) is 11.4 Å². The average molecular weight is 343 g/mol. The van der Waals surface area contributed by atoms with Crippen molar-refractivity contribution in [1.82, 2.24) is 5.32 Å². The van der Waals surface area contributed by atoms with Gasteiger partial charge in [-0.25, -0.2) is 0 Å². The molecule has 1 aromatic carbocycles. The van der Waals surface area contributed by atoms with Gasteiger partial charge in [-0.05, 0) is 66.0 Å². The molecule has 0 aromatic heterocycles. The molecule has 4 rings (SSSR count). The third-order valence-corrected chi connectivity index (χ3v) is 4.73. The molecule has 4 heteroatoms. The van der Waals surface area contributed by atoms with Crippen molar-refractivity contribution in [3.05, 3.63) is 27.3 Å². The van der Waals surface area contributed by atoms with E-state index in [1.54, 1.807) is 7.11 Å². The Morgan fingerprint density at radius 1 is 1.47 bits per heavy atom. The van der Waals surface area contributed by atoms with Gasteiger partial charge in [0.25, 0.3) is 5.91 Å².